The van der Waals surface area contributed by atoms with Gasteiger partial charge in [0.05, 0.1) is 18.1 Å². The van der Waals surface area contributed by atoms with Gasteiger partial charge < -0.3 is 14.8 Å². The molecule has 0 bridgehead atoms. The topological polar surface area (TPSA) is 90.7 Å². The normalized spacial score (nSPS) is 11.4. The van der Waals surface area contributed by atoms with Gasteiger partial charge in [0.25, 0.3) is 11.6 Å². The van der Waals surface area contributed by atoms with Gasteiger partial charge in [-0.2, -0.15) is 0 Å². The van der Waals surface area contributed by atoms with Crippen molar-refractivity contribution in [1.29, 1.82) is 0 Å². The van der Waals surface area contributed by atoms with Gasteiger partial charge in [-0.25, -0.2) is 0 Å². The van der Waals surface area contributed by atoms with Gasteiger partial charge in [-0.15, -0.1) is 0 Å². The van der Waals surface area contributed by atoms with E-state index in [9.17, 15) is 14.9 Å². The summed E-state index contributed by atoms with van der Waals surface area (Å²) in [6.45, 7) is 1.95. The molecule has 1 N–H and O–H groups in total. The highest BCUT2D eigenvalue weighted by Gasteiger charge is 2.25. The lowest BCUT2D eigenvalue weighted by molar-refractivity contribution is -0.385. The van der Waals surface area contributed by atoms with E-state index in [1.54, 1.807) is 36.4 Å². The second-order valence-corrected chi connectivity index (χ2v) is 6.36. The second kappa shape index (κ2) is 8.88. The Morgan fingerprint density at radius 2 is 1.69 bits per heavy atom. The summed E-state index contributed by atoms with van der Waals surface area (Å²) in [5.41, 5.74) is 2.13. The number of methoxy groups -OCH3 is 1. The van der Waals surface area contributed by atoms with Crippen molar-refractivity contribution in [2.75, 3.05) is 12.4 Å². The van der Waals surface area contributed by atoms with Gasteiger partial charge in [-0.3, -0.25) is 14.9 Å². The molecule has 3 rings (SSSR count). The minimum atomic E-state index is -1.03. The number of carbonyl (C=O) groups is 1. The van der Waals surface area contributed by atoms with E-state index in [1.807, 2.05) is 25.1 Å². The molecule has 7 heteroatoms. The second-order valence-electron chi connectivity index (χ2n) is 6.36. The average molecular weight is 392 g/mol. The largest absolute Gasteiger partial charge is 0.493 e. The average Bonchev–Trinajstić information content (AvgIpc) is 2.74. The molecule has 7 nitrogen and oxygen atoms in total. The fourth-order valence-electron chi connectivity index (χ4n) is 2.74. The molecular formula is C22H20N2O5. The van der Waals surface area contributed by atoms with E-state index in [0.29, 0.717) is 17.0 Å². The Balaban J connectivity index is 1.94. The number of amides is 1. The molecule has 1 amide bonds. The number of nitrogens with zero attached hydrogens (tertiary/aromatic N) is 1. The zero-order chi connectivity index (χ0) is 20.8. The van der Waals surface area contributed by atoms with Crippen LogP contribution in [0.4, 0.5) is 11.4 Å². The molecule has 0 heterocycles. The number of carbonyl (C=O) groups excluding carboxylic acids is 1. The van der Waals surface area contributed by atoms with Crippen molar-refractivity contribution in [1.82, 2.24) is 0 Å². The summed E-state index contributed by atoms with van der Waals surface area (Å²) in [7, 11) is 1.43. The predicted molar refractivity (Wildman–Crippen MR) is 109 cm³/mol. The van der Waals surface area contributed by atoms with Crippen molar-refractivity contribution >= 4 is 17.3 Å². The minimum absolute atomic E-state index is 0.106. The zero-order valence-electron chi connectivity index (χ0n) is 16.0. The molecule has 1 atom stereocenters. The highest BCUT2D eigenvalue weighted by Crippen LogP contribution is 2.35. The Morgan fingerprint density at radius 1 is 1.00 bits per heavy atom. The van der Waals surface area contributed by atoms with Crippen LogP contribution in [0.5, 0.6) is 11.5 Å². The maximum Gasteiger partial charge on any atom is 0.273 e. The van der Waals surface area contributed by atoms with Gasteiger partial charge in [0.15, 0.2) is 11.5 Å². The summed E-state index contributed by atoms with van der Waals surface area (Å²) < 4.78 is 11.2. The molecule has 0 aliphatic rings. The maximum absolute atomic E-state index is 13.0. The van der Waals surface area contributed by atoms with Crippen LogP contribution >= 0.6 is 0 Å². The number of non-ortho nitro benzene ring substituents is 1. The third kappa shape index (κ3) is 4.90. The first-order valence-corrected chi connectivity index (χ1v) is 8.89. The van der Waals surface area contributed by atoms with Crippen LogP contribution in [0.25, 0.3) is 0 Å². The molecule has 29 heavy (non-hydrogen) atoms. The van der Waals surface area contributed by atoms with Gasteiger partial charge in [0, 0.05) is 17.3 Å². The van der Waals surface area contributed by atoms with Crippen molar-refractivity contribution in [2.24, 2.45) is 0 Å². The van der Waals surface area contributed by atoms with Gasteiger partial charge in [-0.05, 0) is 25.1 Å². The molecule has 0 saturated carbocycles. The van der Waals surface area contributed by atoms with Crippen LogP contribution in [0.3, 0.4) is 0 Å². The number of nitro benzene ring substituents is 1. The van der Waals surface area contributed by atoms with E-state index >= 15 is 0 Å². The first kappa shape index (κ1) is 19.9. The standard InChI is InChI=1S/C22H20N2O5/c1-15-8-10-17(11-9-15)23-22(25)21(16-6-4-3-5-7-16)29-20-14-18(24(26)27)12-13-19(20)28-2/h3-14,21H,1-2H3,(H,23,25)/t21-/m1/s1. The molecule has 0 fully saturated rings. The first-order chi connectivity index (χ1) is 14.0. The maximum atomic E-state index is 13.0. The van der Waals surface area contributed by atoms with E-state index < -0.39 is 16.9 Å². The molecule has 0 saturated heterocycles. The van der Waals surface area contributed by atoms with Gasteiger partial charge in [0.1, 0.15) is 0 Å². The van der Waals surface area contributed by atoms with Gasteiger partial charge >= 0.3 is 0 Å². The summed E-state index contributed by atoms with van der Waals surface area (Å²) in [5.74, 6) is -0.0112. The van der Waals surface area contributed by atoms with E-state index in [0.717, 1.165) is 5.56 Å². The number of ether oxygens (including phenoxy) is 2. The van der Waals surface area contributed by atoms with Crippen molar-refractivity contribution in [3.8, 4) is 11.5 Å². The number of benzene rings is 3. The predicted octanol–water partition coefficient (Wildman–Crippen LogP) is 4.67. The smallest absolute Gasteiger partial charge is 0.273 e. The van der Waals surface area contributed by atoms with Crippen LogP contribution in [0.15, 0.2) is 72.8 Å². The van der Waals surface area contributed by atoms with Crippen LogP contribution in [0, 0.1) is 17.0 Å². The summed E-state index contributed by atoms with van der Waals surface area (Å²) in [5, 5.41) is 14.0. The number of aryl methyl sites for hydroxylation is 1. The van der Waals surface area contributed by atoms with Crippen molar-refractivity contribution in [3.63, 3.8) is 0 Å². The molecule has 148 valence electrons. The molecule has 0 aliphatic heterocycles. The lowest BCUT2D eigenvalue weighted by Crippen LogP contribution is -2.25. The Morgan fingerprint density at radius 3 is 2.31 bits per heavy atom. The van der Waals surface area contributed by atoms with Crippen molar-refractivity contribution < 1.29 is 19.2 Å². The summed E-state index contributed by atoms with van der Waals surface area (Å²) in [6, 6.07) is 20.3. The highest BCUT2D eigenvalue weighted by atomic mass is 16.6. The van der Waals surface area contributed by atoms with Crippen LogP contribution < -0.4 is 14.8 Å². The number of rotatable bonds is 7. The zero-order valence-corrected chi connectivity index (χ0v) is 16.0. The molecule has 0 aliphatic carbocycles. The summed E-state index contributed by atoms with van der Waals surface area (Å²) in [4.78, 5) is 23.6. The quantitative estimate of drug-likeness (QED) is 0.466. The number of nitro groups is 1. The highest BCUT2D eigenvalue weighted by molar-refractivity contribution is 5.95. The Kier molecular flexibility index (Phi) is 6.09. The Bertz CT molecular complexity index is 1000. The minimum Gasteiger partial charge on any atom is -0.493 e. The third-order valence-corrected chi connectivity index (χ3v) is 4.26. The van der Waals surface area contributed by atoms with Crippen LogP contribution in [-0.2, 0) is 4.79 Å². The first-order valence-electron chi connectivity index (χ1n) is 8.89. The Labute approximate surface area is 168 Å². The lowest BCUT2D eigenvalue weighted by atomic mass is 10.1. The van der Waals surface area contributed by atoms with Crippen molar-refractivity contribution in [3.05, 3.63) is 94.0 Å². The Hall–Kier alpha value is -3.87. The van der Waals surface area contributed by atoms with E-state index in [4.69, 9.17) is 9.47 Å². The molecule has 3 aromatic carbocycles. The van der Waals surface area contributed by atoms with Crippen LogP contribution in [-0.4, -0.2) is 17.9 Å². The van der Waals surface area contributed by atoms with Crippen LogP contribution in [0.1, 0.15) is 17.2 Å². The summed E-state index contributed by atoms with van der Waals surface area (Å²) >= 11 is 0. The molecule has 0 spiro atoms. The van der Waals surface area contributed by atoms with Gasteiger partial charge in [0.2, 0.25) is 6.10 Å². The molecular weight excluding hydrogens is 372 g/mol. The molecule has 3 aromatic rings. The number of hydrogen-bond donors (Lipinski definition) is 1. The van der Waals surface area contributed by atoms with E-state index in [2.05, 4.69) is 5.32 Å². The van der Waals surface area contributed by atoms with Gasteiger partial charge in [-0.1, -0.05) is 48.0 Å². The molecule has 0 radical (unpaired) electrons. The lowest BCUT2D eigenvalue weighted by Gasteiger charge is -2.20. The molecule has 0 unspecified atom stereocenters. The fourth-order valence-corrected chi connectivity index (χ4v) is 2.74. The number of hydrogen-bond acceptors (Lipinski definition) is 5. The van der Waals surface area contributed by atoms with Crippen molar-refractivity contribution in [2.45, 2.75) is 13.0 Å². The molecule has 0 aromatic heterocycles. The SMILES string of the molecule is COc1ccc([N+](=O)[O-])cc1O[C@@H](C(=O)Nc1ccc(C)cc1)c1ccccc1. The van der Waals surface area contributed by atoms with E-state index in [-0.39, 0.29) is 11.4 Å². The monoisotopic (exact) mass is 392 g/mol. The van der Waals surface area contributed by atoms with Crippen LogP contribution in [0.2, 0.25) is 0 Å². The number of anilines is 1. The fraction of sp³-hybridized carbons (Fsp3) is 0.136. The third-order valence-electron chi connectivity index (χ3n) is 4.26. The van der Waals surface area contributed by atoms with E-state index in [1.165, 1.54) is 25.3 Å². The summed E-state index contributed by atoms with van der Waals surface area (Å²) in [6.07, 6.45) is -1.03. The number of nitrogens with one attached hydrogen (secondary N) is 1.